The molecule has 1 heterocycles. The molecule has 0 unspecified atom stereocenters. The van der Waals surface area contributed by atoms with Crippen LogP contribution in [-0.4, -0.2) is 55.0 Å². The maximum atomic E-state index is 12.1. The summed E-state index contributed by atoms with van der Waals surface area (Å²) >= 11 is 0. The van der Waals surface area contributed by atoms with Crippen LogP contribution in [0.25, 0.3) is 0 Å². The molecule has 1 aliphatic heterocycles. The average Bonchev–Trinajstić information content (AvgIpc) is 2.65. The summed E-state index contributed by atoms with van der Waals surface area (Å²) in [6, 6.07) is 9.45. The van der Waals surface area contributed by atoms with Gasteiger partial charge in [0, 0.05) is 24.3 Å². The van der Waals surface area contributed by atoms with Crippen molar-refractivity contribution >= 4 is 41.5 Å². The van der Waals surface area contributed by atoms with Crippen LogP contribution in [0.2, 0.25) is 0 Å². The minimum atomic E-state index is -0.122. The number of halogens is 1. The fraction of sp³-hybridized carbons (Fsp3) is 0.600. The number of nitrogens with one attached hydrogen (secondary N) is 3. The van der Waals surface area contributed by atoms with E-state index in [0.717, 1.165) is 31.9 Å². The number of likely N-dealkylation sites (tertiary alicyclic amines) is 1. The number of aliphatic imine (C=N–C) groups is 1. The molecular formula is C20H34IN5O. The van der Waals surface area contributed by atoms with E-state index in [1.54, 1.807) is 0 Å². The second-order valence-corrected chi connectivity index (χ2v) is 7.32. The largest absolute Gasteiger partial charge is 0.357 e. The molecule has 0 bridgehead atoms. The SMILES string of the molecule is CCNC(=NCC(=O)Nc1ccccc1)NCC(C)(C)N1CCCCC1.I. The highest BCUT2D eigenvalue weighted by Crippen LogP contribution is 2.19. The van der Waals surface area contributed by atoms with Crippen LogP contribution >= 0.6 is 24.0 Å². The summed E-state index contributed by atoms with van der Waals surface area (Å²) in [4.78, 5) is 19.0. The zero-order valence-electron chi connectivity index (χ0n) is 16.8. The molecule has 6 nitrogen and oxygen atoms in total. The standard InChI is InChI=1S/C20H33N5O.HI/c1-4-21-19(22-15-18(26)24-17-11-7-5-8-12-17)23-16-20(2,3)25-13-9-6-10-14-25;/h5,7-8,11-12H,4,6,9-10,13-16H2,1-3H3,(H,24,26)(H2,21,22,23);1H. The molecule has 2 rings (SSSR count). The second kappa shape index (κ2) is 12.2. The first-order chi connectivity index (χ1) is 12.5. The Morgan fingerprint density at radius 2 is 1.78 bits per heavy atom. The maximum Gasteiger partial charge on any atom is 0.246 e. The fourth-order valence-electron chi connectivity index (χ4n) is 3.13. The van der Waals surface area contributed by atoms with Gasteiger partial charge in [-0.3, -0.25) is 9.69 Å². The van der Waals surface area contributed by atoms with Crippen LogP contribution in [0.4, 0.5) is 5.69 Å². The van der Waals surface area contributed by atoms with Gasteiger partial charge in [0.2, 0.25) is 5.91 Å². The molecule has 1 amide bonds. The van der Waals surface area contributed by atoms with Gasteiger partial charge in [0.15, 0.2) is 5.96 Å². The molecule has 0 saturated carbocycles. The number of anilines is 1. The van der Waals surface area contributed by atoms with Gasteiger partial charge in [0.05, 0.1) is 0 Å². The van der Waals surface area contributed by atoms with Gasteiger partial charge in [0.1, 0.15) is 6.54 Å². The first-order valence-electron chi connectivity index (χ1n) is 9.63. The van der Waals surface area contributed by atoms with Gasteiger partial charge in [-0.15, -0.1) is 24.0 Å². The molecule has 1 aromatic carbocycles. The first kappa shape index (κ1) is 23.7. The van der Waals surface area contributed by atoms with Gasteiger partial charge >= 0.3 is 0 Å². The Morgan fingerprint density at radius 1 is 1.11 bits per heavy atom. The van der Waals surface area contributed by atoms with Gasteiger partial charge in [-0.1, -0.05) is 24.6 Å². The molecule has 1 fully saturated rings. The number of guanidine groups is 1. The Bertz CT molecular complexity index is 585. The number of rotatable bonds is 7. The van der Waals surface area contributed by atoms with Gasteiger partial charge in [-0.25, -0.2) is 4.99 Å². The van der Waals surface area contributed by atoms with Crippen LogP contribution in [0.1, 0.15) is 40.0 Å². The number of carbonyl (C=O) groups is 1. The van der Waals surface area contributed by atoms with Crippen molar-refractivity contribution in [2.75, 3.05) is 38.0 Å². The summed E-state index contributed by atoms with van der Waals surface area (Å²) < 4.78 is 0. The Kier molecular flexibility index (Phi) is 10.7. The van der Waals surface area contributed by atoms with E-state index >= 15 is 0 Å². The highest BCUT2D eigenvalue weighted by atomic mass is 127. The van der Waals surface area contributed by atoms with Crippen LogP contribution < -0.4 is 16.0 Å². The minimum absolute atomic E-state index is 0. The van der Waals surface area contributed by atoms with E-state index in [1.165, 1.54) is 19.3 Å². The number of hydrogen-bond donors (Lipinski definition) is 3. The van der Waals surface area contributed by atoms with Crippen molar-refractivity contribution in [3.63, 3.8) is 0 Å². The predicted octanol–water partition coefficient (Wildman–Crippen LogP) is 3.06. The van der Waals surface area contributed by atoms with Crippen molar-refractivity contribution in [1.82, 2.24) is 15.5 Å². The smallest absolute Gasteiger partial charge is 0.246 e. The molecular weight excluding hydrogens is 453 g/mol. The van der Waals surface area contributed by atoms with E-state index in [1.807, 2.05) is 37.3 Å². The molecule has 0 atom stereocenters. The third kappa shape index (κ3) is 8.47. The van der Waals surface area contributed by atoms with Crippen LogP contribution in [0, 0.1) is 0 Å². The third-order valence-electron chi connectivity index (χ3n) is 4.68. The number of nitrogens with zero attached hydrogens (tertiary/aromatic N) is 2. The summed E-state index contributed by atoms with van der Waals surface area (Å²) in [5.74, 6) is 0.560. The quantitative estimate of drug-likeness (QED) is 0.314. The Balaban J connectivity index is 0.00000364. The van der Waals surface area contributed by atoms with Crippen molar-refractivity contribution in [2.24, 2.45) is 4.99 Å². The van der Waals surface area contributed by atoms with E-state index in [-0.39, 0.29) is 42.0 Å². The van der Waals surface area contributed by atoms with E-state index in [0.29, 0.717) is 5.96 Å². The summed E-state index contributed by atoms with van der Waals surface area (Å²) in [7, 11) is 0. The molecule has 0 spiro atoms. The van der Waals surface area contributed by atoms with Gasteiger partial charge in [-0.2, -0.15) is 0 Å². The molecule has 0 radical (unpaired) electrons. The highest BCUT2D eigenvalue weighted by molar-refractivity contribution is 14.0. The molecule has 1 aliphatic rings. The average molecular weight is 487 g/mol. The normalized spacial score (nSPS) is 15.6. The lowest BCUT2D eigenvalue weighted by atomic mass is 9.98. The maximum absolute atomic E-state index is 12.1. The zero-order chi connectivity index (χ0) is 18.8. The number of para-hydroxylation sites is 1. The molecule has 0 aromatic heterocycles. The lowest BCUT2D eigenvalue weighted by Crippen LogP contribution is -2.55. The lowest BCUT2D eigenvalue weighted by molar-refractivity contribution is -0.114. The van der Waals surface area contributed by atoms with Crippen LogP contribution in [0.3, 0.4) is 0 Å². The van der Waals surface area contributed by atoms with E-state index < -0.39 is 0 Å². The first-order valence-corrected chi connectivity index (χ1v) is 9.63. The van der Waals surface area contributed by atoms with Gasteiger partial charge in [0.25, 0.3) is 0 Å². The van der Waals surface area contributed by atoms with E-state index in [9.17, 15) is 4.79 Å². The van der Waals surface area contributed by atoms with E-state index in [2.05, 4.69) is 39.7 Å². The summed E-state index contributed by atoms with van der Waals surface area (Å²) in [6.07, 6.45) is 3.88. The Labute approximate surface area is 180 Å². The summed E-state index contributed by atoms with van der Waals surface area (Å²) in [6.45, 7) is 10.5. The fourth-order valence-corrected chi connectivity index (χ4v) is 3.13. The van der Waals surface area contributed by atoms with Crippen molar-refractivity contribution in [2.45, 2.75) is 45.6 Å². The second-order valence-electron chi connectivity index (χ2n) is 7.32. The Hall–Kier alpha value is -1.35. The van der Waals surface area contributed by atoms with Crippen molar-refractivity contribution in [1.29, 1.82) is 0 Å². The van der Waals surface area contributed by atoms with Gasteiger partial charge < -0.3 is 16.0 Å². The molecule has 0 aliphatic carbocycles. The topological polar surface area (TPSA) is 68.8 Å². The van der Waals surface area contributed by atoms with Crippen LogP contribution in [-0.2, 0) is 4.79 Å². The number of carbonyl (C=O) groups excluding carboxylic acids is 1. The van der Waals surface area contributed by atoms with Crippen molar-refractivity contribution in [3.05, 3.63) is 30.3 Å². The summed E-state index contributed by atoms with van der Waals surface area (Å²) in [5, 5.41) is 9.47. The molecule has 152 valence electrons. The van der Waals surface area contributed by atoms with Gasteiger partial charge in [-0.05, 0) is 58.8 Å². The zero-order valence-corrected chi connectivity index (χ0v) is 19.1. The summed E-state index contributed by atoms with van der Waals surface area (Å²) in [5.41, 5.74) is 0.847. The van der Waals surface area contributed by atoms with Crippen molar-refractivity contribution < 1.29 is 4.79 Å². The third-order valence-corrected chi connectivity index (χ3v) is 4.68. The molecule has 1 saturated heterocycles. The Morgan fingerprint density at radius 3 is 2.41 bits per heavy atom. The minimum Gasteiger partial charge on any atom is -0.357 e. The van der Waals surface area contributed by atoms with Crippen molar-refractivity contribution in [3.8, 4) is 0 Å². The van der Waals surface area contributed by atoms with Crippen LogP contribution in [0.15, 0.2) is 35.3 Å². The molecule has 3 N–H and O–H groups in total. The number of piperidine rings is 1. The lowest BCUT2D eigenvalue weighted by Gasteiger charge is -2.41. The molecule has 1 aromatic rings. The molecule has 27 heavy (non-hydrogen) atoms. The predicted molar refractivity (Wildman–Crippen MR) is 124 cm³/mol. The number of hydrogen-bond acceptors (Lipinski definition) is 3. The monoisotopic (exact) mass is 487 g/mol. The van der Waals surface area contributed by atoms with Crippen LogP contribution in [0.5, 0.6) is 0 Å². The number of benzene rings is 1. The molecule has 7 heteroatoms. The number of amides is 1. The highest BCUT2D eigenvalue weighted by Gasteiger charge is 2.27. The van der Waals surface area contributed by atoms with E-state index in [4.69, 9.17) is 0 Å².